The number of thioether (sulfide) groups is 1. The normalized spacial score (nSPS) is 16.4. The first kappa shape index (κ1) is 17.7. The fourth-order valence-corrected chi connectivity index (χ4v) is 4.03. The standard InChI is InChI=1S/C16H18N4O3S2/c1-17-13(21)6-11-8-25-16(19-11)20-15(22)10-2-3-14(18-7-10)23-12-4-5-24-9-12/h2-3,7-8,12H,4-6,9H2,1H3,(H,17,21)(H,19,20,22)/t12-/m0/s1. The van der Waals surface area contributed by atoms with E-state index in [1.54, 1.807) is 24.6 Å². The Bertz CT molecular complexity index is 742. The molecule has 0 bridgehead atoms. The molecule has 1 atom stereocenters. The molecule has 0 aromatic carbocycles. The van der Waals surface area contributed by atoms with Crippen LogP contribution in [-0.4, -0.2) is 46.4 Å². The van der Waals surface area contributed by atoms with E-state index >= 15 is 0 Å². The van der Waals surface area contributed by atoms with Crippen molar-refractivity contribution in [2.24, 2.45) is 0 Å². The summed E-state index contributed by atoms with van der Waals surface area (Å²) in [6.45, 7) is 0. The van der Waals surface area contributed by atoms with Crippen LogP contribution in [0.3, 0.4) is 0 Å². The average Bonchev–Trinajstić information content (AvgIpc) is 3.27. The lowest BCUT2D eigenvalue weighted by Crippen LogP contribution is -2.20. The molecule has 3 rings (SSSR count). The van der Waals surface area contributed by atoms with E-state index in [9.17, 15) is 9.59 Å². The summed E-state index contributed by atoms with van der Waals surface area (Å²) in [5, 5.41) is 7.45. The van der Waals surface area contributed by atoms with Gasteiger partial charge >= 0.3 is 0 Å². The van der Waals surface area contributed by atoms with Gasteiger partial charge in [-0.05, 0) is 18.2 Å². The highest BCUT2D eigenvalue weighted by molar-refractivity contribution is 7.99. The predicted octanol–water partition coefficient (Wildman–Crippen LogP) is 1.96. The predicted molar refractivity (Wildman–Crippen MR) is 98.4 cm³/mol. The Kier molecular flexibility index (Phi) is 5.87. The molecule has 2 N–H and O–H groups in total. The lowest BCUT2D eigenvalue weighted by Gasteiger charge is -2.11. The van der Waals surface area contributed by atoms with Crippen LogP contribution in [0.5, 0.6) is 5.88 Å². The number of likely N-dealkylation sites (N-methyl/N-ethyl adjacent to an activating group) is 1. The van der Waals surface area contributed by atoms with Gasteiger partial charge in [-0.25, -0.2) is 9.97 Å². The number of pyridine rings is 1. The number of carbonyl (C=O) groups excluding carboxylic acids is 2. The van der Waals surface area contributed by atoms with Crippen LogP contribution in [0.1, 0.15) is 22.5 Å². The first-order valence-corrected chi connectivity index (χ1v) is 9.84. The van der Waals surface area contributed by atoms with Gasteiger partial charge in [-0.2, -0.15) is 11.8 Å². The van der Waals surface area contributed by atoms with Gasteiger partial charge in [-0.3, -0.25) is 14.9 Å². The number of amides is 2. The van der Waals surface area contributed by atoms with E-state index in [4.69, 9.17) is 4.74 Å². The molecule has 2 aromatic rings. The van der Waals surface area contributed by atoms with Crippen LogP contribution in [0.25, 0.3) is 0 Å². The Labute approximate surface area is 153 Å². The minimum Gasteiger partial charge on any atom is -0.473 e. The van der Waals surface area contributed by atoms with Crippen molar-refractivity contribution in [1.82, 2.24) is 15.3 Å². The number of nitrogens with one attached hydrogen (secondary N) is 2. The SMILES string of the molecule is CNC(=O)Cc1csc(NC(=O)c2ccc(O[C@H]3CCSC3)nc2)n1. The van der Waals surface area contributed by atoms with Crippen molar-refractivity contribution in [2.75, 3.05) is 23.9 Å². The van der Waals surface area contributed by atoms with Crippen molar-refractivity contribution in [3.05, 3.63) is 35.0 Å². The number of aromatic nitrogens is 2. The molecule has 2 aromatic heterocycles. The summed E-state index contributed by atoms with van der Waals surface area (Å²) in [7, 11) is 1.57. The van der Waals surface area contributed by atoms with Crippen molar-refractivity contribution >= 4 is 40.0 Å². The second-order valence-electron chi connectivity index (χ2n) is 5.44. The van der Waals surface area contributed by atoms with E-state index in [2.05, 4.69) is 20.6 Å². The van der Waals surface area contributed by atoms with Gasteiger partial charge in [0, 0.05) is 30.4 Å². The molecular formula is C16H18N4O3S2. The third-order valence-corrected chi connectivity index (χ3v) is 5.50. The number of nitrogens with zero attached hydrogens (tertiary/aromatic N) is 2. The largest absolute Gasteiger partial charge is 0.473 e. The van der Waals surface area contributed by atoms with E-state index in [-0.39, 0.29) is 24.3 Å². The van der Waals surface area contributed by atoms with Crippen LogP contribution in [0.15, 0.2) is 23.7 Å². The summed E-state index contributed by atoms with van der Waals surface area (Å²) in [4.78, 5) is 32.0. The molecule has 0 unspecified atom stereocenters. The van der Waals surface area contributed by atoms with Crippen LogP contribution >= 0.6 is 23.1 Å². The van der Waals surface area contributed by atoms with Crippen molar-refractivity contribution in [3.63, 3.8) is 0 Å². The molecule has 1 aliphatic rings. The number of ether oxygens (including phenoxy) is 1. The molecule has 0 saturated carbocycles. The number of anilines is 1. The van der Waals surface area contributed by atoms with Gasteiger partial charge in [0.15, 0.2) is 5.13 Å². The highest BCUT2D eigenvalue weighted by Crippen LogP contribution is 2.22. The van der Waals surface area contributed by atoms with Crippen LogP contribution in [0.4, 0.5) is 5.13 Å². The van der Waals surface area contributed by atoms with Gasteiger partial charge in [0.2, 0.25) is 11.8 Å². The lowest BCUT2D eigenvalue weighted by atomic mass is 10.2. The van der Waals surface area contributed by atoms with Crippen LogP contribution in [-0.2, 0) is 11.2 Å². The first-order valence-electron chi connectivity index (χ1n) is 7.81. The molecule has 1 fully saturated rings. The minimum absolute atomic E-state index is 0.122. The van der Waals surface area contributed by atoms with Gasteiger partial charge in [-0.15, -0.1) is 11.3 Å². The monoisotopic (exact) mass is 378 g/mol. The van der Waals surface area contributed by atoms with E-state index in [1.807, 2.05) is 11.8 Å². The van der Waals surface area contributed by atoms with Crippen LogP contribution in [0.2, 0.25) is 0 Å². The number of rotatable bonds is 6. The molecule has 0 aliphatic carbocycles. The van der Waals surface area contributed by atoms with Crippen molar-refractivity contribution < 1.29 is 14.3 Å². The molecule has 7 nitrogen and oxygen atoms in total. The molecule has 0 spiro atoms. The van der Waals surface area contributed by atoms with Gasteiger partial charge in [0.25, 0.3) is 5.91 Å². The van der Waals surface area contributed by atoms with Gasteiger partial charge in [0.1, 0.15) is 6.10 Å². The van der Waals surface area contributed by atoms with E-state index in [0.29, 0.717) is 22.3 Å². The van der Waals surface area contributed by atoms with E-state index in [0.717, 1.165) is 17.9 Å². The third-order valence-electron chi connectivity index (χ3n) is 3.57. The van der Waals surface area contributed by atoms with E-state index < -0.39 is 0 Å². The number of hydrogen-bond donors (Lipinski definition) is 2. The second-order valence-corrected chi connectivity index (χ2v) is 7.44. The fourth-order valence-electron chi connectivity index (χ4n) is 2.23. The maximum atomic E-state index is 12.2. The molecule has 3 heterocycles. The van der Waals surface area contributed by atoms with Crippen molar-refractivity contribution in [1.29, 1.82) is 0 Å². The third kappa shape index (κ3) is 4.93. The molecule has 0 radical (unpaired) electrons. The number of carbonyl (C=O) groups is 2. The summed E-state index contributed by atoms with van der Waals surface area (Å²) in [5.41, 5.74) is 1.05. The zero-order valence-corrected chi connectivity index (χ0v) is 15.3. The molecule has 1 aliphatic heterocycles. The molecule has 2 amide bonds. The molecule has 9 heteroatoms. The van der Waals surface area contributed by atoms with Crippen LogP contribution < -0.4 is 15.4 Å². The summed E-state index contributed by atoms with van der Waals surface area (Å²) in [6, 6.07) is 3.38. The Hall–Kier alpha value is -2.13. The minimum atomic E-state index is -0.295. The Morgan fingerprint density at radius 3 is 2.96 bits per heavy atom. The summed E-state index contributed by atoms with van der Waals surface area (Å²) in [6.07, 6.45) is 2.91. The van der Waals surface area contributed by atoms with Crippen molar-refractivity contribution in [2.45, 2.75) is 18.9 Å². The van der Waals surface area contributed by atoms with Gasteiger partial charge in [0.05, 0.1) is 17.7 Å². The molecule has 1 saturated heterocycles. The maximum Gasteiger partial charge on any atom is 0.259 e. The highest BCUT2D eigenvalue weighted by Gasteiger charge is 2.18. The molecule has 25 heavy (non-hydrogen) atoms. The Morgan fingerprint density at radius 1 is 1.40 bits per heavy atom. The first-order chi connectivity index (χ1) is 12.1. The summed E-state index contributed by atoms with van der Waals surface area (Å²) in [5.74, 6) is 2.21. The van der Waals surface area contributed by atoms with Gasteiger partial charge < -0.3 is 10.1 Å². The van der Waals surface area contributed by atoms with Crippen LogP contribution in [0, 0.1) is 0 Å². The summed E-state index contributed by atoms with van der Waals surface area (Å²) < 4.78 is 5.77. The smallest absolute Gasteiger partial charge is 0.259 e. The molecule has 132 valence electrons. The lowest BCUT2D eigenvalue weighted by molar-refractivity contribution is -0.120. The molecular weight excluding hydrogens is 360 g/mol. The fraction of sp³-hybridized carbons (Fsp3) is 0.375. The number of hydrogen-bond acceptors (Lipinski definition) is 7. The Balaban J connectivity index is 1.56. The zero-order chi connectivity index (χ0) is 17.6. The summed E-state index contributed by atoms with van der Waals surface area (Å²) >= 11 is 3.15. The Morgan fingerprint density at radius 2 is 2.28 bits per heavy atom. The highest BCUT2D eigenvalue weighted by atomic mass is 32.2. The number of thiazole rings is 1. The maximum absolute atomic E-state index is 12.2. The van der Waals surface area contributed by atoms with E-state index in [1.165, 1.54) is 17.5 Å². The second kappa shape index (κ2) is 8.30. The zero-order valence-electron chi connectivity index (χ0n) is 13.7. The average molecular weight is 378 g/mol. The quantitative estimate of drug-likeness (QED) is 0.798. The topological polar surface area (TPSA) is 93.2 Å². The van der Waals surface area contributed by atoms with Gasteiger partial charge in [-0.1, -0.05) is 0 Å². The van der Waals surface area contributed by atoms with Crippen molar-refractivity contribution in [3.8, 4) is 5.88 Å².